The number of thioether (sulfide) groups is 1. The molecule has 0 bridgehead atoms. The Bertz CT molecular complexity index is 570. The van der Waals surface area contributed by atoms with Crippen molar-refractivity contribution >= 4 is 29.6 Å². The molecule has 2 saturated heterocycles. The molecule has 2 heterocycles. The van der Waals surface area contributed by atoms with Gasteiger partial charge in [0, 0.05) is 18.8 Å². The predicted molar refractivity (Wildman–Crippen MR) is 82.0 cm³/mol. The molecule has 4 amide bonds. The second-order valence-electron chi connectivity index (χ2n) is 5.40. The first kappa shape index (κ1) is 17.1. The first-order chi connectivity index (χ1) is 11.0. The lowest BCUT2D eigenvalue weighted by Crippen LogP contribution is -2.48. The average Bonchev–Trinajstić information content (AvgIpc) is 3.09. The van der Waals surface area contributed by atoms with Gasteiger partial charge < -0.3 is 10.2 Å². The SMILES string of the molecule is N#CCCN(CCC#N)C(=O)CN1C(=O)NC2(CCSC2)C1=O. The first-order valence-corrected chi connectivity index (χ1v) is 8.43. The van der Waals surface area contributed by atoms with Gasteiger partial charge in [-0.15, -0.1) is 0 Å². The van der Waals surface area contributed by atoms with Gasteiger partial charge in [0.25, 0.3) is 5.91 Å². The lowest BCUT2D eigenvalue weighted by Gasteiger charge is -2.23. The second-order valence-corrected chi connectivity index (χ2v) is 6.51. The summed E-state index contributed by atoms with van der Waals surface area (Å²) in [6, 6.07) is 3.33. The van der Waals surface area contributed by atoms with E-state index in [1.165, 1.54) is 4.90 Å². The Hall–Kier alpha value is -2.26. The highest BCUT2D eigenvalue weighted by Crippen LogP contribution is 2.33. The molecule has 1 N–H and O–H groups in total. The minimum Gasteiger partial charge on any atom is -0.339 e. The van der Waals surface area contributed by atoms with Crippen LogP contribution in [-0.2, 0) is 9.59 Å². The number of urea groups is 1. The zero-order valence-electron chi connectivity index (χ0n) is 12.6. The fraction of sp³-hybridized carbons (Fsp3) is 0.643. The van der Waals surface area contributed by atoms with Crippen LogP contribution in [0.25, 0.3) is 0 Å². The van der Waals surface area contributed by atoms with E-state index >= 15 is 0 Å². The van der Waals surface area contributed by atoms with Crippen LogP contribution in [0.2, 0.25) is 0 Å². The maximum atomic E-state index is 12.5. The third-order valence-electron chi connectivity index (χ3n) is 3.90. The fourth-order valence-corrected chi connectivity index (χ4v) is 3.94. The molecule has 9 heteroatoms. The molecule has 1 atom stereocenters. The van der Waals surface area contributed by atoms with Crippen LogP contribution in [0.4, 0.5) is 4.79 Å². The zero-order valence-corrected chi connectivity index (χ0v) is 13.4. The summed E-state index contributed by atoms with van der Waals surface area (Å²) in [5.41, 5.74) is -0.869. The first-order valence-electron chi connectivity index (χ1n) is 7.27. The fourth-order valence-electron chi connectivity index (χ4n) is 2.62. The number of hydrogen-bond acceptors (Lipinski definition) is 6. The highest BCUT2D eigenvalue weighted by Gasteiger charge is 2.53. The van der Waals surface area contributed by atoms with Crippen LogP contribution < -0.4 is 5.32 Å². The molecular formula is C14H17N5O3S. The van der Waals surface area contributed by atoms with E-state index in [4.69, 9.17) is 10.5 Å². The number of hydrogen-bond donors (Lipinski definition) is 1. The van der Waals surface area contributed by atoms with E-state index in [0.717, 1.165) is 10.7 Å². The molecule has 1 unspecified atom stereocenters. The third-order valence-corrected chi connectivity index (χ3v) is 5.09. The summed E-state index contributed by atoms with van der Waals surface area (Å²) in [5.74, 6) is 0.530. The smallest absolute Gasteiger partial charge is 0.325 e. The van der Waals surface area contributed by atoms with Gasteiger partial charge in [0.05, 0.1) is 25.0 Å². The number of nitrogens with zero attached hydrogens (tertiary/aromatic N) is 4. The molecule has 23 heavy (non-hydrogen) atoms. The molecule has 8 nitrogen and oxygen atoms in total. The second kappa shape index (κ2) is 7.34. The normalized spacial score (nSPS) is 22.8. The number of rotatable bonds is 6. The van der Waals surface area contributed by atoms with Gasteiger partial charge in [-0.2, -0.15) is 22.3 Å². The van der Waals surface area contributed by atoms with E-state index in [-0.39, 0.29) is 38.4 Å². The van der Waals surface area contributed by atoms with Crippen molar-refractivity contribution in [2.75, 3.05) is 31.1 Å². The molecule has 0 saturated carbocycles. The maximum absolute atomic E-state index is 12.5. The largest absolute Gasteiger partial charge is 0.339 e. The van der Waals surface area contributed by atoms with Crippen LogP contribution in [0.5, 0.6) is 0 Å². The third kappa shape index (κ3) is 3.57. The van der Waals surface area contributed by atoms with E-state index in [1.807, 2.05) is 12.1 Å². The molecule has 0 aromatic rings. The van der Waals surface area contributed by atoms with E-state index < -0.39 is 17.5 Å². The summed E-state index contributed by atoms with van der Waals surface area (Å²) in [7, 11) is 0. The molecule has 1 spiro atoms. The van der Waals surface area contributed by atoms with Gasteiger partial charge in [-0.3, -0.25) is 14.5 Å². The molecule has 2 aliphatic rings. The van der Waals surface area contributed by atoms with E-state index in [0.29, 0.717) is 12.2 Å². The zero-order chi connectivity index (χ0) is 16.9. The van der Waals surface area contributed by atoms with Crippen LogP contribution in [0.3, 0.4) is 0 Å². The van der Waals surface area contributed by atoms with Crippen LogP contribution in [0.1, 0.15) is 19.3 Å². The predicted octanol–water partition coefficient (Wildman–Crippen LogP) is 0.0699. The summed E-state index contributed by atoms with van der Waals surface area (Å²) in [6.45, 7) is 0.0112. The summed E-state index contributed by atoms with van der Waals surface area (Å²) < 4.78 is 0. The molecule has 0 aromatic carbocycles. The van der Waals surface area contributed by atoms with Gasteiger partial charge in [-0.1, -0.05) is 0 Å². The highest BCUT2D eigenvalue weighted by atomic mass is 32.2. The van der Waals surface area contributed by atoms with Crippen molar-refractivity contribution in [3.63, 3.8) is 0 Å². The van der Waals surface area contributed by atoms with Crippen LogP contribution in [-0.4, -0.2) is 64.3 Å². The van der Waals surface area contributed by atoms with Crippen LogP contribution >= 0.6 is 11.8 Å². The quantitative estimate of drug-likeness (QED) is 0.686. The lowest BCUT2D eigenvalue weighted by molar-refractivity contribution is -0.138. The van der Waals surface area contributed by atoms with Gasteiger partial charge >= 0.3 is 6.03 Å². The van der Waals surface area contributed by atoms with Crippen molar-refractivity contribution in [3.05, 3.63) is 0 Å². The van der Waals surface area contributed by atoms with Gasteiger partial charge in [-0.25, -0.2) is 4.79 Å². The van der Waals surface area contributed by atoms with Crippen molar-refractivity contribution in [1.29, 1.82) is 10.5 Å². The van der Waals surface area contributed by atoms with Crippen molar-refractivity contribution in [3.8, 4) is 12.1 Å². The Balaban J connectivity index is 2.02. The Morgan fingerprint density at radius 3 is 2.48 bits per heavy atom. The minimum atomic E-state index is -0.869. The summed E-state index contributed by atoms with van der Waals surface area (Å²) in [6.07, 6.45) is 0.843. The molecule has 2 fully saturated rings. The van der Waals surface area contributed by atoms with E-state index in [2.05, 4.69) is 5.32 Å². The number of imide groups is 1. The molecule has 0 radical (unpaired) electrons. The van der Waals surface area contributed by atoms with Crippen LogP contribution in [0.15, 0.2) is 0 Å². The number of nitriles is 2. The van der Waals surface area contributed by atoms with E-state index in [1.54, 1.807) is 11.8 Å². The van der Waals surface area contributed by atoms with Crippen molar-refractivity contribution in [2.45, 2.75) is 24.8 Å². The Labute approximate surface area is 138 Å². The maximum Gasteiger partial charge on any atom is 0.325 e. The summed E-state index contributed by atoms with van der Waals surface area (Å²) in [4.78, 5) is 39.1. The topological polar surface area (TPSA) is 117 Å². The number of carbonyl (C=O) groups is 3. The van der Waals surface area contributed by atoms with Crippen LogP contribution in [0, 0.1) is 22.7 Å². The van der Waals surface area contributed by atoms with Gasteiger partial charge in [0.15, 0.2) is 0 Å². The van der Waals surface area contributed by atoms with Gasteiger partial charge in [0.1, 0.15) is 12.1 Å². The lowest BCUT2D eigenvalue weighted by atomic mass is 9.99. The molecule has 0 aromatic heterocycles. The standard InChI is InChI=1S/C14H17N5O3S/c15-4-1-6-18(7-2-5-16)11(20)9-19-12(21)14(17-13(19)22)3-8-23-10-14/h1-3,6-10H2,(H,17,22). The molecule has 0 aliphatic carbocycles. The monoisotopic (exact) mass is 335 g/mol. The Kier molecular flexibility index (Phi) is 5.45. The highest BCUT2D eigenvalue weighted by molar-refractivity contribution is 7.99. The molecule has 122 valence electrons. The average molecular weight is 335 g/mol. The molecule has 2 aliphatic heterocycles. The van der Waals surface area contributed by atoms with Gasteiger partial charge in [0.2, 0.25) is 5.91 Å². The van der Waals surface area contributed by atoms with Crippen molar-refractivity contribution < 1.29 is 14.4 Å². The molecular weight excluding hydrogens is 318 g/mol. The Morgan fingerprint density at radius 2 is 1.96 bits per heavy atom. The van der Waals surface area contributed by atoms with E-state index in [9.17, 15) is 14.4 Å². The van der Waals surface area contributed by atoms with Crippen molar-refractivity contribution in [2.24, 2.45) is 0 Å². The number of amides is 4. The Morgan fingerprint density at radius 1 is 1.30 bits per heavy atom. The van der Waals surface area contributed by atoms with Crippen molar-refractivity contribution in [1.82, 2.24) is 15.1 Å². The number of nitrogens with one attached hydrogen (secondary N) is 1. The summed E-state index contributed by atoms with van der Waals surface area (Å²) in [5, 5.41) is 20.0. The molecule has 2 rings (SSSR count). The van der Waals surface area contributed by atoms with Gasteiger partial charge in [-0.05, 0) is 12.2 Å². The summed E-state index contributed by atoms with van der Waals surface area (Å²) >= 11 is 1.60. The number of carbonyl (C=O) groups excluding carboxylic acids is 3. The minimum absolute atomic E-state index is 0.137.